The van der Waals surface area contributed by atoms with Gasteiger partial charge in [0, 0.05) is 4.83 Å². The van der Waals surface area contributed by atoms with Gasteiger partial charge in [0.25, 0.3) is 0 Å². The predicted molar refractivity (Wildman–Crippen MR) is 79.5 cm³/mol. The van der Waals surface area contributed by atoms with Crippen LogP contribution in [-0.4, -0.2) is 7.11 Å². The molecule has 19 heavy (non-hydrogen) atoms. The highest BCUT2D eigenvalue weighted by Crippen LogP contribution is 2.29. The van der Waals surface area contributed by atoms with Crippen molar-refractivity contribution in [1.29, 1.82) is 0 Å². The van der Waals surface area contributed by atoms with Crippen molar-refractivity contribution >= 4 is 15.9 Å². The van der Waals surface area contributed by atoms with Gasteiger partial charge in [0.15, 0.2) is 0 Å². The van der Waals surface area contributed by atoms with Crippen molar-refractivity contribution in [2.75, 3.05) is 7.11 Å². The van der Waals surface area contributed by atoms with Gasteiger partial charge in [-0.15, -0.1) is 0 Å². The van der Waals surface area contributed by atoms with Crippen molar-refractivity contribution in [2.45, 2.75) is 18.2 Å². The molecule has 2 aromatic carbocycles. The zero-order valence-corrected chi connectivity index (χ0v) is 12.6. The van der Waals surface area contributed by atoms with Crippen molar-refractivity contribution in [3.05, 3.63) is 65.0 Å². The molecule has 100 valence electrons. The molecule has 0 radical (unpaired) electrons. The fourth-order valence-electron chi connectivity index (χ4n) is 2.07. The molecule has 0 saturated carbocycles. The summed E-state index contributed by atoms with van der Waals surface area (Å²) in [5.74, 6) is 0.651. The largest absolute Gasteiger partial charge is 0.497 e. The molecule has 0 bridgehead atoms. The summed E-state index contributed by atoms with van der Waals surface area (Å²) in [7, 11) is 1.65. The number of hydrogen-bond acceptors (Lipinski definition) is 1. The third-order valence-corrected chi connectivity index (χ3v) is 3.83. The Hall–Kier alpha value is -1.35. The van der Waals surface area contributed by atoms with E-state index in [-0.39, 0.29) is 10.6 Å². The third kappa shape index (κ3) is 3.80. The first-order valence-electron chi connectivity index (χ1n) is 6.12. The Bertz CT molecular complexity index is 548. The van der Waals surface area contributed by atoms with Gasteiger partial charge in [0.2, 0.25) is 0 Å². The van der Waals surface area contributed by atoms with Crippen LogP contribution in [0.5, 0.6) is 5.75 Å². The highest BCUT2D eigenvalue weighted by atomic mass is 79.9. The second kappa shape index (κ2) is 6.20. The Morgan fingerprint density at radius 3 is 2.68 bits per heavy atom. The normalized spacial score (nSPS) is 12.2. The Balaban J connectivity index is 2.17. The van der Waals surface area contributed by atoms with E-state index in [4.69, 9.17) is 4.74 Å². The minimum Gasteiger partial charge on any atom is -0.497 e. The fraction of sp³-hybridized carbons (Fsp3) is 0.250. The maximum absolute atomic E-state index is 13.4. The van der Waals surface area contributed by atoms with Crippen LogP contribution in [0.4, 0.5) is 4.39 Å². The molecule has 0 saturated heterocycles. The molecule has 0 amide bonds. The molecule has 0 aliphatic carbocycles. The Kier molecular flexibility index (Phi) is 4.59. The van der Waals surface area contributed by atoms with Crippen molar-refractivity contribution in [3.8, 4) is 5.75 Å². The van der Waals surface area contributed by atoms with Gasteiger partial charge < -0.3 is 4.74 Å². The lowest BCUT2D eigenvalue weighted by molar-refractivity contribution is 0.414. The summed E-state index contributed by atoms with van der Waals surface area (Å²) in [6.45, 7) is 1.90. The van der Waals surface area contributed by atoms with Gasteiger partial charge in [0.1, 0.15) is 11.6 Å². The summed E-state index contributed by atoms with van der Waals surface area (Å²) in [6.07, 6.45) is 0.792. The molecule has 0 aliphatic rings. The zero-order chi connectivity index (χ0) is 13.8. The quantitative estimate of drug-likeness (QED) is 0.733. The second-order valence-corrected chi connectivity index (χ2v) is 5.69. The molecule has 0 N–H and O–H groups in total. The zero-order valence-electron chi connectivity index (χ0n) is 11.0. The topological polar surface area (TPSA) is 9.23 Å². The molecule has 2 rings (SSSR count). The molecule has 2 aromatic rings. The second-order valence-electron chi connectivity index (χ2n) is 4.59. The first-order valence-corrected chi connectivity index (χ1v) is 7.04. The van der Waals surface area contributed by atoms with Crippen molar-refractivity contribution < 1.29 is 9.13 Å². The molecule has 0 spiro atoms. The smallest absolute Gasteiger partial charge is 0.123 e. The van der Waals surface area contributed by atoms with Crippen LogP contribution in [-0.2, 0) is 6.42 Å². The van der Waals surface area contributed by atoms with Crippen molar-refractivity contribution in [2.24, 2.45) is 0 Å². The predicted octanol–water partition coefficient (Wildman–Crippen LogP) is 4.82. The fourth-order valence-corrected chi connectivity index (χ4v) is 2.71. The van der Waals surface area contributed by atoms with E-state index >= 15 is 0 Å². The SMILES string of the molecule is COc1cccc(CC(Br)c2cc(C)cc(F)c2)c1. The lowest BCUT2D eigenvalue weighted by atomic mass is 10.0. The standard InChI is InChI=1S/C16H16BrFO/c1-11-6-13(10-14(18)7-11)16(17)9-12-4-3-5-15(8-12)19-2/h3-8,10,16H,9H2,1-2H3. The van der Waals surface area contributed by atoms with Gasteiger partial charge in [-0.05, 0) is 54.3 Å². The summed E-state index contributed by atoms with van der Waals surface area (Å²) < 4.78 is 18.6. The monoisotopic (exact) mass is 322 g/mol. The van der Waals surface area contributed by atoms with Crippen LogP contribution >= 0.6 is 15.9 Å². The molecule has 1 atom stereocenters. The maximum atomic E-state index is 13.4. The van der Waals surface area contributed by atoms with Gasteiger partial charge in [-0.25, -0.2) is 4.39 Å². The number of methoxy groups -OCH3 is 1. The maximum Gasteiger partial charge on any atom is 0.123 e. The van der Waals surface area contributed by atoms with E-state index in [0.29, 0.717) is 0 Å². The van der Waals surface area contributed by atoms with E-state index in [0.717, 1.165) is 28.9 Å². The molecular weight excluding hydrogens is 307 g/mol. The molecular formula is C16H16BrFO. The van der Waals surface area contributed by atoms with Gasteiger partial charge in [-0.3, -0.25) is 0 Å². The number of rotatable bonds is 4. The molecule has 0 aliphatic heterocycles. The Morgan fingerprint density at radius 2 is 2.00 bits per heavy atom. The number of benzene rings is 2. The molecule has 1 unspecified atom stereocenters. The van der Waals surface area contributed by atoms with Gasteiger partial charge in [0.05, 0.1) is 7.11 Å². The van der Waals surface area contributed by atoms with Gasteiger partial charge in [-0.2, -0.15) is 0 Å². The number of ether oxygens (including phenoxy) is 1. The molecule has 3 heteroatoms. The van der Waals surface area contributed by atoms with Gasteiger partial charge in [-0.1, -0.05) is 34.1 Å². The van der Waals surface area contributed by atoms with E-state index in [2.05, 4.69) is 15.9 Å². The summed E-state index contributed by atoms with van der Waals surface area (Å²) in [4.78, 5) is 0.0917. The van der Waals surface area contributed by atoms with Crippen LogP contribution in [0.15, 0.2) is 42.5 Å². The van der Waals surface area contributed by atoms with Crippen LogP contribution < -0.4 is 4.74 Å². The van der Waals surface area contributed by atoms with Crippen LogP contribution in [0, 0.1) is 12.7 Å². The molecule has 0 aromatic heterocycles. The Labute approximate surface area is 121 Å². The molecule has 1 nitrogen and oxygen atoms in total. The van der Waals surface area contributed by atoms with Gasteiger partial charge >= 0.3 is 0 Å². The number of hydrogen-bond donors (Lipinski definition) is 0. The third-order valence-electron chi connectivity index (χ3n) is 2.98. The first kappa shape index (κ1) is 14.1. The highest BCUT2D eigenvalue weighted by molar-refractivity contribution is 9.09. The van der Waals surface area contributed by atoms with E-state index in [1.807, 2.05) is 37.3 Å². The van der Waals surface area contributed by atoms with E-state index < -0.39 is 0 Å². The number of halogens is 2. The summed E-state index contributed by atoms with van der Waals surface area (Å²) in [5, 5.41) is 0. The average molecular weight is 323 g/mol. The lowest BCUT2D eigenvalue weighted by Crippen LogP contribution is -1.97. The first-order chi connectivity index (χ1) is 9.08. The van der Waals surface area contributed by atoms with E-state index in [9.17, 15) is 4.39 Å². The van der Waals surface area contributed by atoms with Crippen molar-refractivity contribution in [1.82, 2.24) is 0 Å². The van der Waals surface area contributed by atoms with E-state index in [1.54, 1.807) is 13.2 Å². The number of alkyl halides is 1. The summed E-state index contributed by atoms with van der Waals surface area (Å²) in [6, 6.07) is 13.0. The summed E-state index contributed by atoms with van der Waals surface area (Å²) >= 11 is 3.63. The van der Waals surface area contributed by atoms with Crippen LogP contribution in [0.1, 0.15) is 21.5 Å². The van der Waals surface area contributed by atoms with Crippen LogP contribution in [0.25, 0.3) is 0 Å². The van der Waals surface area contributed by atoms with Crippen LogP contribution in [0.3, 0.4) is 0 Å². The lowest BCUT2D eigenvalue weighted by Gasteiger charge is -2.12. The summed E-state index contributed by atoms with van der Waals surface area (Å²) in [5.41, 5.74) is 3.05. The highest BCUT2D eigenvalue weighted by Gasteiger charge is 2.10. The van der Waals surface area contributed by atoms with Crippen molar-refractivity contribution in [3.63, 3.8) is 0 Å². The molecule has 0 heterocycles. The minimum atomic E-state index is -0.190. The molecule has 0 fully saturated rings. The average Bonchev–Trinajstić information content (AvgIpc) is 2.37. The van der Waals surface area contributed by atoms with Crippen LogP contribution in [0.2, 0.25) is 0 Å². The minimum absolute atomic E-state index is 0.0917. The van der Waals surface area contributed by atoms with E-state index in [1.165, 1.54) is 6.07 Å². The number of aryl methyl sites for hydroxylation is 1. The Morgan fingerprint density at radius 1 is 1.21 bits per heavy atom.